The molecule has 0 bridgehead atoms. The van der Waals surface area contributed by atoms with E-state index in [1.165, 1.54) is 0 Å². The molecule has 0 unspecified atom stereocenters. The predicted octanol–water partition coefficient (Wildman–Crippen LogP) is -1.92. The van der Waals surface area contributed by atoms with E-state index in [1.807, 2.05) is 7.05 Å². The smallest absolute Gasteiger partial charge is 0.203 e. The second-order valence-corrected chi connectivity index (χ2v) is 2.53. The molecule has 5 nitrogen and oxygen atoms in total. The highest BCUT2D eigenvalue weighted by atomic mass is 15.3. The number of hydrogen-bond acceptors (Lipinski definition) is 3. The zero-order valence-electron chi connectivity index (χ0n) is 6.04. The molecule has 1 aliphatic heterocycles. The summed E-state index contributed by atoms with van der Waals surface area (Å²) >= 11 is 0. The molecule has 1 heterocycles. The van der Waals surface area contributed by atoms with Gasteiger partial charge in [0.05, 0.1) is 6.04 Å². The van der Waals surface area contributed by atoms with Gasteiger partial charge in [-0.1, -0.05) is 0 Å². The molecule has 0 aliphatic carbocycles. The van der Waals surface area contributed by atoms with Crippen LogP contribution in [0.2, 0.25) is 0 Å². The molecule has 5 N–H and O–H groups in total. The molecule has 0 amide bonds. The molecule has 1 aliphatic rings. The zero-order valence-corrected chi connectivity index (χ0v) is 6.04. The summed E-state index contributed by atoms with van der Waals surface area (Å²) in [5.74, 6) is 5.33. The van der Waals surface area contributed by atoms with Crippen LogP contribution >= 0.6 is 0 Å². The molecule has 1 rings (SSSR count). The molecular weight excluding hydrogens is 130 g/mol. The van der Waals surface area contributed by atoms with Gasteiger partial charge in [-0.3, -0.25) is 5.43 Å². The summed E-state index contributed by atoms with van der Waals surface area (Å²) in [6, 6.07) is 0.334. The minimum Gasteiger partial charge on any atom is -0.369 e. The van der Waals surface area contributed by atoms with Crippen molar-refractivity contribution in [3.05, 3.63) is 0 Å². The van der Waals surface area contributed by atoms with E-state index in [4.69, 9.17) is 11.6 Å². The molecule has 5 heteroatoms. The van der Waals surface area contributed by atoms with Crippen molar-refractivity contribution in [3.8, 4) is 0 Å². The molecule has 0 aromatic carbocycles. The maximum Gasteiger partial charge on any atom is 0.203 e. The average molecular weight is 143 g/mol. The van der Waals surface area contributed by atoms with Gasteiger partial charge in [-0.25, -0.2) is 10.8 Å². The third-order valence-corrected chi connectivity index (χ3v) is 1.51. The first-order valence-corrected chi connectivity index (χ1v) is 3.21. The normalized spacial score (nSPS) is 22.4. The Morgan fingerprint density at radius 2 is 2.30 bits per heavy atom. The van der Waals surface area contributed by atoms with Gasteiger partial charge in [0.25, 0.3) is 0 Å². The van der Waals surface area contributed by atoms with Crippen LogP contribution in [0.3, 0.4) is 0 Å². The fourth-order valence-corrected chi connectivity index (χ4v) is 0.982. The maximum atomic E-state index is 5.32. The van der Waals surface area contributed by atoms with Crippen molar-refractivity contribution in [1.82, 2.24) is 10.3 Å². The van der Waals surface area contributed by atoms with Gasteiger partial charge >= 0.3 is 0 Å². The van der Waals surface area contributed by atoms with Crippen LogP contribution < -0.4 is 17.0 Å². The van der Waals surface area contributed by atoms with E-state index in [9.17, 15) is 0 Å². The SMILES string of the molecule is CN1CC(N=C(N)NN)C1. The van der Waals surface area contributed by atoms with Crippen molar-refractivity contribution >= 4 is 5.96 Å². The van der Waals surface area contributed by atoms with Crippen LogP contribution in [-0.4, -0.2) is 37.0 Å². The summed E-state index contributed by atoms with van der Waals surface area (Å²) in [5.41, 5.74) is 7.61. The second kappa shape index (κ2) is 2.85. The monoisotopic (exact) mass is 143 g/mol. The summed E-state index contributed by atoms with van der Waals surface area (Å²) in [4.78, 5) is 6.23. The third kappa shape index (κ3) is 1.58. The van der Waals surface area contributed by atoms with Gasteiger partial charge in [0.1, 0.15) is 0 Å². The highest BCUT2D eigenvalue weighted by molar-refractivity contribution is 5.77. The Hall–Kier alpha value is -0.810. The molecule has 0 aromatic heterocycles. The molecule has 10 heavy (non-hydrogen) atoms. The Morgan fingerprint density at radius 3 is 2.70 bits per heavy atom. The maximum absolute atomic E-state index is 5.32. The zero-order chi connectivity index (χ0) is 7.56. The first-order chi connectivity index (χ1) is 4.72. The van der Waals surface area contributed by atoms with E-state index in [0.29, 0.717) is 12.0 Å². The van der Waals surface area contributed by atoms with Gasteiger partial charge in [-0.05, 0) is 7.05 Å². The number of aliphatic imine (C=N–C) groups is 1. The van der Waals surface area contributed by atoms with Crippen molar-refractivity contribution in [3.63, 3.8) is 0 Å². The van der Waals surface area contributed by atoms with Crippen LogP contribution in [-0.2, 0) is 0 Å². The summed E-state index contributed by atoms with van der Waals surface area (Å²) in [6.07, 6.45) is 0. The van der Waals surface area contributed by atoms with E-state index in [0.717, 1.165) is 13.1 Å². The van der Waals surface area contributed by atoms with Crippen LogP contribution in [0.5, 0.6) is 0 Å². The minimum absolute atomic E-state index is 0.318. The Labute approximate surface area is 60.0 Å². The number of rotatable bonds is 1. The lowest BCUT2D eigenvalue weighted by Crippen LogP contribution is -2.49. The molecule has 58 valence electrons. The average Bonchev–Trinajstić information content (AvgIpc) is 1.84. The molecule has 0 spiro atoms. The number of nitrogens with two attached hydrogens (primary N) is 2. The summed E-state index contributed by atoms with van der Waals surface area (Å²) < 4.78 is 0. The lowest BCUT2D eigenvalue weighted by Gasteiger charge is -2.33. The van der Waals surface area contributed by atoms with Gasteiger partial charge in [-0.2, -0.15) is 0 Å². The Kier molecular flexibility index (Phi) is 2.08. The highest BCUT2D eigenvalue weighted by Gasteiger charge is 2.22. The van der Waals surface area contributed by atoms with Crippen molar-refractivity contribution in [2.75, 3.05) is 20.1 Å². The van der Waals surface area contributed by atoms with Crippen LogP contribution in [0.4, 0.5) is 0 Å². The van der Waals surface area contributed by atoms with Crippen molar-refractivity contribution < 1.29 is 0 Å². The molecule has 0 saturated carbocycles. The standard InChI is InChI=1S/C5H13N5/c1-10-2-4(3-10)8-5(6)9-7/h4H,2-3,7H2,1H3,(H3,6,8,9). The van der Waals surface area contributed by atoms with Gasteiger partial charge in [0, 0.05) is 13.1 Å². The summed E-state index contributed by atoms with van der Waals surface area (Å²) in [6.45, 7) is 1.95. The highest BCUT2D eigenvalue weighted by Crippen LogP contribution is 2.06. The van der Waals surface area contributed by atoms with Crippen LogP contribution in [0, 0.1) is 0 Å². The predicted molar refractivity (Wildman–Crippen MR) is 40.2 cm³/mol. The van der Waals surface area contributed by atoms with E-state index in [1.54, 1.807) is 0 Å². The Balaban J connectivity index is 2.26. The molecule has 1 fully saturated rings. The number of likely N-dealkylation sites (N-methyl/N-ethyl adjacent to an activating group) is 1. The van der Waals surface area contributed by atoms with Crippen molar-refractivity contribution in [1.29, 1.82) is 0 Å². The van der Waals surface area contributed by atoms with Gasteiger partial charge in [0.2, 0.25) is 5.96 Å². The van der Waals surface area contributed by atoms with E-state index >= 15 is 0 Å². The number of guanidine groups is 1. The largest absolute Gasteiger partial charge is 0.369 e. The summed E-state index contributed by atoms with van der Waals surface area (Å²) in [7, 11) is 2.04. The Morgan fingerprint density at radius 1 is 1.70 bits per heavy atom. The van der Waals surface area contributed by atoms with Gasteiger partial charge in [-0.15, -0.1) is 0 Å². The first kappa shape index (κ1) is 7.30. The van der Waals surface area contributed by atoms with E-state index in [-0.39, 0.29) is 0 Å². The Bertz CT molecular complexity index is 137. The van der Waals surface area contributed by atoms with Crippen molar-refractivity contribution in [2.24, 2.45) is 16.6 Å². The molecular formula is C5H13N5. The molecule has 0 atom stereocenters. The van der Waals surface area contributed by atoms with E-state index in [2.05, 4.69) is 15.3 Å². The lowest BCUT2D eigenvalue weighted by molar-refractivity contribution is 0.193. The second-order valence-electron chi connectivity index (χ2n) is 2.53. The number of hydrazine groups is 1. The van der Waals surface area contributed by atoms with Crippen LogP contribution in [0.15, 0.2) is 4.99 Å². The quantitative estimate of drug-likeness (QED) is 0.173. The summed E-state index contributed by atoms with van der Waals surface area (Å²) in [5, 5.41) is 0. The number of likely N-dealkylation sites (tertiary alicyclic amines) is 1. The molecule has 0 aromatic rings. The fourth-order valence-electron chi connectivity index (χ4n) is 0.982. The number of hydrogen-bond donors (Lipinski definition) is 3. The molecule has 1 saturated heterocycles. The lowest BCUT2D eigenvalue weighted by atomic mass is 10.1. The third-order valence-electron chi connectivity index (χ3n) is 1.51. The number of nitrogens with zero attached hydrogens (tertiary/aromatic N) is 2. The number of nitrogens with one attached hydrogen (secondary N) is 1. The topological polar surface area (TPSA) is 79.7 Å². The first-order valence-electron chi connectivity index (χ1n) is 3.21. The van der Waals surface area contributed by atoms with Crippen LogP contribution in [0.25, 0.3) is 0 Å². The van der Waals surface area contributed by atoms with Crippen molar-refractivity contribution in [2.45, 2.75) is 6.04 Å². The van der Waals surface area contributed by atoms with Gasteiger partial charge in [0.15, 0.2) is 0 Å². The minimum atomic E-state index is 0.318. The fraction of sp³-hybridized carbons (Fsp3) is 0.800. The van der Waals surface area contributed by atoms with E-state index < -0.39 is 0 Å². The van der Waals surface area contributed by atoms with Crippen LogP contribution in [0.1, 0.15) is 0 Å². The molecule has 0 radical (unpaired) electrons. The van der Waals surface area contributed by atoms with Gasteiger partial charge < -0.3 is 10.6 Å².